The van der Waals surface area contributed by atoms with Crippen LogP contribution >= 0.6 is 0 Å². The summed E-state index contributed by atoms with van der Waals surface area (Å²) < 4.78 is 7.73. The predicted molar refractivity (Wildman–Crippen MR) is 66.0 cm³/mol. The fraction of sp³-hybridized carbons (Fsp3) is 0.917. The molecule has 0 bridgehead atoms. The Labute approximate surface area is 107 Å². The van der Waals surface area contributed by atoms with Crippen molar-refractivity contribution in [3.05, 3.63) is 5.82 Å². The molecule has 1 unspecified atom stereocenters. The van der Waals surface area contributed by atoms with Gasteiger partial charge in [-0.15, -0.1) is 5.10 Å². The molecular weight excluding hydrogens is 230 g/mol. The molecule has 100 valence electrons. The lowest BCUT2D eigenvalue weighted by Crippen LogP contribution is -2.36. The van der Waals surface area contributed by atoms with E-state index in [9.17, 15) is 0 Å². The number of tetrazole rings is 1. The normalized spacial score (nSPS) is 27.3. The summed E-state index contributed by atoms with van der Waals surface area (Å²) in [5.74, 6) is 0.949. The lowest BCUT2D eigenvalue weighted by molar-refractivity contribution is -0.0714. The Morgan fingerprint density at radius 1 is 1.39 bits per heavy atom. The molecule has 1 atom stereocenters. The summed E-state index contributed by atoms with van der Waals surface area (Å²) >= 11 is 0. The van der Waals surface area contributed by atoms with Crippen molar-refractivity contribution in [2.24, 2.45) is 0 Å². The Balaban J connectivity index is 1.68. The van der Waals surface area contributed by atoms with E-state index in [0.717, 1.165) is 31.8 Å². The van der Waals surface area contributed by atoms with Crippen LogP contribution in [0.5, 0.6) is 0 Å². The van der Waals surface area contributed by atoms with Crippen molar-refractivity contribution < 1.29 is 4.74 Å². The van der Waals surface area contributed by atoms with Gasteiger partial charge in [0.1, 0.15) is 0 Å². The van der Waals surface area contributed by atoms with Crippen molar-refractivity contribution >= 4 is 0 Å². The minimum atomic E-state index is -0.0734. The second-order valence-electron chi connectivity index (χ2n) is 5.95. The third-order valence-corrected chi connectivity index (χ3v) is 3.70. The minimum absolute atomic E-state index is 0.0734. The summed E-state index contributed by atoms with van der Waals surface area (Å²) in [7, 11) is 0. The average molecular weight is 251 g/mol. The van der Waals surface area contributed by atoms with Crippen molar-refractivity contribution in [1.82, 2.24) is 25.5 Å². The van der Waals surface area contributed by atoms with Crippen LogP contribution in [0, 0.1) is 0 Å². The van der Waals surface area contributed by atoms with Gasteiger partial charge in [0.05, 0.1) is 18.2 Å². The molecule has 1 aliphatic heterocycles. The number of ether oxygens (including phenoxy) is 1. The van der Waals surface area contributed by atoms with Crippen LogP contribution in [-0.4, -0.2) is 38.5 Å². The number of nitrogens with one attached hydrogen (secondary N) is 1. The molecular formula is C12H21N5O. The zero-order valence-corrected chi connectivity index (χ0v) is 11.1. The summed E-state index contributed by atoms with van der Waals surface area (Å²) in [6.07, 6.45) is 4.52. The highest BCUT2D eigenvalue weighted by atomic mass is 16.5. The Morgan fingerprint density at radius 2 is 2.22 bits per heavy atom. The maximum absolute atomic E-state index is 5.74. The van der Waals surface area contributed by atoms with Crippen LogP contribution in [0.15, 0.2) is 0 Å². The molecule has 6 heteroatoms. The summed E-state index contributed by atoms with van der Waals surface area (Å²) in [6.45, 7) is 5.82. The zero-order chi connectivity index (χ0) is 12.6. The molecule has 0 amide bonds. The van der Waals surface area contributed by atoms with E-state index in [0.29, 0.717) is 12.1 Å². The number of hydrogen-bond donors (Lipinski definition) is 1. The van der Waals surface area contributed by atoms with Crippen molar-refractivity contribution in [3.8, 4) is 0 Å². The maximum Gasteiger partial charge on any atom is 0.165 e. The van der Waals surface area contributed by atoms with Gasteiger partial charge in [-0.2, -0.15) is 0 Å². The molecule has 3 rings (SSSR count). The molecule has 2 aliphatic rings. The second kappa shape index (κ2) is 4.59. The molecule has 6 nitrogen and oxygen atoms in total. The van der Waals surface area contributed by atoms with Gasteiger partial charge in [0.15, 0.2) is 5.82 Å². The molecule has 1 aromatic heterocycles. The Bertz CT molecular complexity index is 412. The van der Waals surface area contributed by atoms with E-state index in [-0.39, 0.29) is 5.60 Å². The lowest BCUT2D eigenvalue weighted by Gasteiger charge is -2.35. The third kappa shape index (κ3) is 2.70. The topological polar surface area (TPSA) is 64.9 Å². The molecule has 0 aromatic carbocycles. The Kier molecular flexibility index (Phi) is 3.07. The summed E-state index contributed by atoms with van der Waals surface area (Å²) in [5, 5.41) is 15.6. The molecule has 1 N–H and O–H groups in total. The highest BCUT2D eigenvalue weighted by Crippen LogP contribution is 2.31. The predicted octanol–water partition coefficient (Wildman–Crippen LogP) is 1.06. The van der Waals surface area contributed by atoms with Crippen LogP contribution in [0.3, 0.4) is 0 Å². The number of aromatic nitrogens is 4. The molecule has 1 saturated carbocycles. The Morgan fingerprint density at radius 3 is 2.94 bits per heavy atom. The largest absolute Gasteiger partial charge is 0.375 e. The molecule has 1 aromatic rings. The molecule has 1 aliphatic carbocycles. The first-order chi connectivity index (χ1) is 8.64. The van der Waals surface area contributed by atoms with Crippen molar-refractivity contribution in [3.63, 3.8) is 0 Å². The highest BCUT2D eigenvalue weighted by Gasteiger charge is 2.32. The maximum atomic E-state index is 5.74. The number of nitrogens with zero attached hydrogens (tertiary/aromatic N) is 4. The monoisotopic (exact) mass is 251 g/mol. The molecule has 1 saturated heterocycles. The Hall–Kier alpha value is -1.01. The molecule has 2 heterocycles. The van der Waals surface area contributed by atoms with Gasteiger partial charge in [-0.3, -0.25) is 0 Å². The van der Waals surface area contributed by atoms with Gasteiger partial charge in [-0.1, -0.05) is 0 Å². The van der Waals surface area contributed by atoms with Gasteiger partial charge in [-0.25, -0.2) is 4.68 Å². The van der Waals surface area contributed by atoms with Gasteiger partial charge >= 0.3 is 0 Å². The first-order valence-corrected chi connectivity index (χ1v) is 6.78. The van der Waals surface area contributed by atoms with Gasteiger partial charge in [-0.05, 0) is 50.0 Å². The fourth-order valence-electron chi connectivity index (χ4n) is 2.54. The number of hydrogen-bond acceptors (Lipinski definition) is 5. The first-order valence-electron chi connectivity index (χ1n) is 6.78. The van der Waals surface area contributed by atoms with Crippen molar-refractivity contribution in [1.29, 1.82) is 0 Å². The molecule has 18 heavy (non-hydrogen) atoms. The average Bonchev–Trinajstić information content (AvgIpc) is 3.02. The van der Waals surface area contributed by atoms with Crippen LogP contribution in [0.2, 0.25) is 0 Å². The quantitative estimate of drug-likeness (QED) is 0.866. The summed E-state index contributed by atoms with van der Waals surface area (Å²) in [5.41, 5.74) is -0.0734. The van der Waals surface area contributed by atoms with E-state index in [1.54, 1.807) is 0 Å². The highest BCUT2D eigenvalue weighted by molar-refractivity contribution is 4.91. The van der Waals surface area contributed by atoms with E-state index in [4.69, 9.17) is 4.74 Å². The lowest BCUT2D eigenvalue weighted by atomic mass is 9.94. The van der Waals surface area contributed by atoms with Gasteiger partial charge in [0.25, 0.3) is 0 Å². The standard InChI is InChI=1S/C12H21N5O/c1-12(2)7-10(5-6-18-12)17-11(14-15-16-17)8-13-9-3-4-9/h9-10,13H,3-8H2,1-2H3. The summed E-state index contributed by atoms with van der Waals surface area (Å²) in [6, 6.07) is 1.04. The van der Waals surface area contributed by atoms with Gasteiger partial charge in [0.2, 0.25) is 0 Å². The van der Waals surface area contributed by atoms with Crippen LogP contribution in [0.25, 0.3) is 0 Å². The second-order valence-corrected chi connectivity index (χ2v) is 5.95. The van der Waals surface area contributed by atoms with Crippen LogP contribution in [-0.2, 0) is 11.3 Å². The SMILES string of the molecule is CC1(C)CC(n2nnnc2CNC2CC2)CCO1. The minimum Gasteiger partial charge on any atom is -0.375 e. The molecule has 0 radical (unpaired) electrons. The van der Waals surface area contributed by atoms with E-state index in [1.807, 2.05) is 4.68 Å². The van der Waals surface area contributed by atoms with Crippen molar-refractivity contribution in [2.45, 2.75) is 63.8 Å². The van der Waals surface area contributed by atoms with Crippen LogP contribution in [0.1, 0.15) is 51.4 Å². The zero-order valence-electron chi connectivity index (χ0n) is 11.1. The van der Waals surface area contributed by atoms with E-state index >= 15 is 0 Å². The smallest absolute Gasteiger partial charge is 0.165 e. The van der Waals surface area contributed by atoms with Crippen LogP contribution < -0.4 is 5.32 Å². The van der Waals surface area contributed by atoms with Crippen molar-refractivity contribution in [2.75, 3.05) is 6.61 Å². The first kappa shape index (κ1) is 12.0. The van der Waals surface area contributed by atoms with Gasteiger partial charge in [0, 0.05) is 12.6 Å². The molecule has 2 fully saturated rings. The molecule has 0 spiro atoms. The van der Waals surface area contributed by atoms with E-state index in [2.05, 4.69) is 34.7 Å². The number of rotatable bonds is 4. The van der Waals surface area contributed by atoms with Crippen LogP contribution in [0.4, 0.5) is 0 Å². The summed E-state index contributed by atoms with van der Waals surface area (Å²) in [4.78, 5) is 0. The fourth-order valence-corrected chi connectivity index (χ4v) is 2.54. The van der Waals surface area contributed by atoms with E-state index < -0.39 is 0 Å². The third-order valence-electron chi connectivity index (χ3n) is 3.70. The van der Waals surface area contributed by atoms with E-state index in [1.165, 1.54) is 12.8 Å². The van der Waals surface area contributed by atoms with Gasteiger partial charge < -0.3 is 10.1 Å².